The summed E-state index contributed by atoms with van der Waals surface area (Å²) >= 11 is 3.32. The van der Waals surface area contributed by atoms with E-state index in [2.05, 4.69) is 31.5 Å². The standard InChI is InChI=1S/C11H14BrN3O/c12-9-4-2-6-14-10(9)11(16)15-8-3-1-5-13-7-8/h2,4,6,8,13H,1,3,5,7H2,(H,15,16). The minimum absolute atomic E-state index is 0.110. The number of rotatable bonds is 2. The molecule has 1 saturated heterocycles. The van der Waals surface area contributed by atoms with E-state index in [1.807, 2.05) is 6.07 Å². The molecule has 1 amide bonds. The van der Waals surface area contributed by atoms with Crippen molar-refractivity contribution in [2.45, 2.75) is 18.9 Å². The third-order valence-corrected chi connectivity index (χ3v) is 3.25. The first-order valence-corrected chi connectivity index (χ1v) is 6.19. The number of piperidine rings is 1. The van der Waals surface area contributed by atoms with E-state index in [-0.39, 0.29) is 11.9 Å². The SMILES string of the molecule is O=C(NC1CCCNC1)c1ncccc1Br. The smallest absolute Gasteiger partial charge is 0.271 e. The lowest BCUT2D eigenvalue weighted by atomic mass is 10.1. The molecule has 0 aliphatic carbocycles. The second-order valence-corrected chi connectivity index (χ2v) is 4.70. The molecule has 2 rings (SSSR count). The van der Waals surface area contributed by atoms with Gasteiger partial charge in [0.1, 0.15) is 5.69 Å². The summed E-state index contributed by atoms with van der Waals surface area (Å²) < 4.78 is 0.733. The molecule has 86 valence electrons. The zero-order valence-corrected chi connectivity index (χ0v) is 10.5. The summed E-state index contributed by atoms with van der Waals surface area (Å²) in [5, 5.41) is 6.24. The molecular weight excluding hydrogens is 270 g/mol. The highest BCUT2D eigenvalue weighted by atomic mass is 79.9. The average molecular weight is 284 g/mol. The molecule has 1 aliphatic heterocycles. The van der Waals surface area contributed by atoms with Gasteiger partial charge >= 0.3 is 0 Å². The summed E-state index contributed by atoms with van der Waals surface area (Å²) in [4.78, 5) is 16.0. The first-order chi connectivity index (χ1) is 7.77. The molecule has 0 bridgehead atoms. The molecule has 1 aromatic heterocycles. The Morgan fingerprint density at radius 1 is 1.62 bits per heavy atom. The number of pyridine rings is 1. The Kier molecular flexibility index (Phi) is 3.90. The summed E-state index contributed by atoms with van der Waals surface area (Å²) in [6.45, 7) is 1.88. The normalized spacial score (nSPS) is 20.4. The zero-order valence-electron chi connectivity index (χ0n) is 8.87. The number of halogens is 1. The quantitative estimate of drug-likeness (QED) is 0.861. The minimum atomic E-state index is -0.110. The molecular formula is C11H14BrN3O. The number of carbonyl (C=O) groups is 1. The van der Waals surface area contributed by atoms with Crippen molar-refractivity contribution in [1.29, 1.82) is 0 Å². The maximum absolute atomic E-state index is 11.9. The largest absolute Gasteiger partial charge is 0.347 e. The van der Waals surface area contributed by atoms with Crippen LogP contribution in [0.15, 0.2) is 22.8 Å². The molecule has 0 aromatic carbocycles. The summed E-state index contributed by atoms with van der Waals surface area (Å²) in [5.41, 5.74) is 0.452. The van der Waals surface area contributed by atoms with Gasteiger partial charge in [0.2, 0.25) is 0 Å². The number of nitrogens with one attached hydrogen (secondary N) is 2. The van der Waals surface area contributed by atoms with Crippen LogP contribution in [0.25, 0.3) is 0 Å². The Labute approximate surface area is 103 Å². The highest BCUT2D eigenvalue weighted by molar-refractivity contribution is 9.10. The number of hydrogen-bond donors (Lipinski definition) is 2. The minimum Gasteiger partial charge on any atom is -0.347 e. The summed E-state index contributed by atoms with van der Waals surface area (Å²) in [6, 6.07) is 3.83. The van der Waals surface area contributed by atoms with Crippen LogP contribution in [0.3, 0.4) is 0 Å². The second-order valence-electron chi connectivity index (χ2n) is 3.85. The van der Waals surface area contributed by atoms with E-state index < -0.39 is 0 Å². The number of aromatic nitrogens is 1. The third-order valence-electron chi connectivity index (χ3n) is 2.61. The third kappa shape index (κ3) is 2.80. The molecule has 1 aromatic rings. The van der Waals surface area contributed by atoms with Gasteiger partial charge in [0, 0.05) is 23.3 Å². The molecule has 16 heavy (non-hydrogen) atoms. The van der Waals surface area contributed by atoms with E-state index in [4.69, 9.17) is 0 Å². The van der Waals surface area contributed by atoms with Crippen LogP contribution in [0.2, 0.25) is 0 Å². The van der Waals surface area contributed by atoms with E-state index in [0.717, 1.165) is 30.4 Å². The van der Waals surface area contributed by atoms with Crippen LogP contribution < -0.4 is 10.6 Å². The first kappa shape index (κ1) is 11.5. The van der Waals surface area contributed by atoms with Crippen LogP contribution in [0.4, 0.5) is 0 Å². The van der Waals surface area contributed by atoms with Crippen molar-refractivity contribution in [2.75, 3.05) is 13.1 Å². The lowest BCUT2D eigenvalue weighted by molar-refractivity contribution is 0.0925. The lowest BCUT2D eigenvalue weighted by Crippen LogP contribution is -2.45. The molecule has 1 aliphatic rings. The lowest BCUT2D eigenvalue weighted by Gasteiger charge is -2.23. The molecule has 0 spiro atoms. The Hall–Kier alpha value is -0.940. The van der Waals surface area contributed by atoms with E-state index in [0.29, 0.717) is 5.69 Å². The van der Waals surface area contributed by atoms with Gasteiger partial charge in [0.25, 0.3) is 5.91 Å². The van der Waals surface area contributed by atoms with Crippen LogP contribution in [0.1, 0.15) is 23.3 Å². The monoisotopic (exact) mass is 283 g/mol. The van der Waals surface area contributed by atoms with Crippen molar-refractivity contribution in [3.8, 4) is 0 Å². The van der Waals surface area contributed by atoms with Crippen LogP contribution in [0.5, 0.6) is 0 Å². The number of amides is 1. The van der Waals surface area contributed by atoms with Crippen LogP contribution >= 0.6 is 15.9 Å². The van der Waals surface area contributed by atoms with Crippen molar-refractivity contribution >= 4 is 21.8 Å². The van der Waals surface area contributed by atoms with Crippen molar-refractivity contribution < 1.29 is 4.79 Å². The van der Waals surface area contributed by atoms with Gasteiger partial charge in [0.15, 0.2) is 0 Å². The summed E-state index contributed by atoms with van der Waals surface area (Å²) in [7, 11) is 0. The summed E-state index contributed by atoms with van der Waals surface area (Å²) in [5.74, 6) is -0.110. The molecule has 1 atom stereocenters. The first-order valence-electron chi connectivity index (χ1n) is 5.39. The molecule has 0 radical (unpaired) electrons. The fourth-order valence-electron chi connectivity index (χ4n) is 1.78. The zero-order chi connectivity index (χ0) is 11.4. The van der Waals surface area contributed by atoms with Crippen molar-refractivity contribution in [3.63, 3.8) is 0 Å². The molecule has 0 saturated carbocycles. The molecule has 5 heteroatoms. The predicted molar refractivity (Wildman–Crippen MR) is 65.3 cm³/mol. The van der Waals surface area contributed by atoms with Gasteiger partial charge in [-0.2, -0.15) is 0 Å². The molecule has 4 nitrogen and oxygen atoms in total. The Bertz CT molecular complexity index is 377. The molecule has 1 unspecified atom stereocenters. The van der Waals surface area contributed by atoms with E-state index >= 15 is 0 Å². The maximum Gasteiger partial charge on any atom is 0.271 e. The Balaban J connectivity index is 2.00. The molecule has 2 heterocycles. The second kappa shape index (κ2) is 5.41. The Morgan fingerprint density at radius 3 is 3.19 bits per heavy atom. The maximum atomic E-state index is 11.9. The van der Waals surface area contributed by atoms with Gasteiger partial charge in [-0.3, -0.25) is 4.79 Å². The van der Waals surface area contributed by atoms with Crippen LogP contribution in [0, 0.1) is 0 Å². The van der Waals surface area contributed by atoms with Crippen molar-refractivity contribution in [2.24, 2.45) is 0 Å². The molecule has 2 N–H and O–H groups in total. The van der Waals surface area contributed by atoms with Gasteiger partial charge in [-0.05, 0) is 47.4 Å². The number of carbonyl (C=O) groups excluding carboxylic acids is 1. The van der Waals surface area contributed by atoms with Gasteiger partial charge in [-0.25, -0.2) is 4.98 Å². The van der Waals surface area contributed by atoms with Crippen molar-refractivity contribution in [1.82, 2.24) is 15.6 Å². The number of nitrogens with zero attached hydrogens (tertiary/aromatic N) is 1. The molecule has 1 fully saturated rings. The fourth-order valence-corrected chi connectivity index (χ4v) is 2.22. The van der Waals surface area contributed by atoms with Gasteiger partial charge in [0.05, 0.1) is 0 Å². The van der Waals surface area contributed by atoms with E-state index in [1.54, 1.807) is 12.3 Å². The van der Waals surface area contributed by atoms with E-state index in [9.17, 15) is 4.79 Å². The van der Waals surface area contributed by atoms with Crippen LogP contribution in [-0.4, -0.2) is 30.0 Å². The van der Waals surface area contributed by atoms with Crippen LogP contribution in [-0.2, 0) is 0 Å². The highest BCUT2D eigenvalue weighted by Crippen LogP contribution is 2.13. The van der Waals surface area contributed by atoms with Gasteiger partial charge in [-0.1, -0.05) is 0 Å². The Morgan fingerprint density at radius 2 is 2.50 bits per heavy atom. The highest BCUT2D eigenvalue weighted by Gasteiger charge is 2.18. The average Bonchev–Trinajstić information content (AvgIpc) is 2.31. The predicted octanol–water partition coefficient (Wildman–Crippen LogP) is 1.33. The van der Waals surface area contributed by atoms with Gasteiger partial charge in [-0.15, -0.1) is 0 Å². The summed E-state index contributed by atoms with van der Waals surface area (Å²) in [6.07, 6.45) is 3.76. The topological polar surface area (TPSA) is 54.0 Å². The van der Waals surface area contributed by atoms with Gasteiger partial charge < -0.3 is 10.6 Å². The van der Waals surface area contributed by atoms with E-state index in [1.165, 1.54) is 0 Å². The fraction of sp³-hybridized carbons (Fsp3) is 0.455. The number of hydrogen-bond acceptors (Lipinski definition) is 3. The van der Waals surface area contributed by atoms with Crippen molar-refractivity contribution in [3.05, 3.63) is 28.5 Å².